The lowest BCUT2D eigenvalue weighted by molar-refractivity contribution is 0.0657. The summed E-state index contributed by atoms with van der Waals surface area (Å²) in [7, 11) is 1.67. The second-order valence-electron chi connectivity index (χ2n) is 5.17. The molecule has 1 N–H and O–H groups in total. The zero-order valence-electron chi connectivity index (χ0n) is 11.1. The van der Waals surface area contributed by atoms with Crippen LogP contribution in [-0.4, -0.2) is 34.6 Å². The second kappa shape index (κ2) is 6.29. The van der Waals surface area contributed by atoms with Crippen molar-refractivity contribution in [1.82, 2.24) is 10.1 Å². The van der Waals surface area contributed by atoms with Crippen LogP contribution in [0, 0.1) is 5.92 Å². The Balaban J connectivity index is 1.89. The van der Waals surface area contributed by atoms with E-state index in [-0.39, 0.29) is 18.1 Å². The van der Waals surface area contributed by atoms with E-state index >= 15 is 0 Å². The van der Waals surface area contributed by atoms with Gasteiger partial charge in [0.1, 0.15) is 0 Å². The van der Waals surface area contributed by atoms with Crippen molar-refractivity contribution in [1.29, 1.82) is 0 Å². The quantitative estimate of drug-likeness (QED) is 0.866. The zero-order valence-corrected chi connectivity index (χ0v) is 11.1. The van der Waals surface area contributed by atoms with Crippen molar-refractivity contribution >= 4 is 0 Å². The van der Waals surface area contributed by atoms with Gasteiger partial charge in [-0.2, -0.15) is 4.98 Å². The van der Waals surface area contributed by atoms with Crippen molar-refractivity contribution in [2.24, 2.45) is 5.92 Å². The molecule has 1 aromatic heterocycles. The monoisotopic (exact) mass is 254 g/mol. The van der Waals surface area contributed by atoms with Gasteiger partial charge in [-0.3, -0.25) is 0 Å². The summed E-state index contributed by atoms with van der Waals surface area (Å²) >= 11 is 0. The van der Waals surface area contributed by atoms with Crippen LogP contribution in [0.5, 0.6) is 0 Å². The first-order valence-electron chi connectivity index (χ1n) is 6.71. The second-order valence-corrected chi connectivity index (χ2v) is 5.17. The van der Waals surface area contributed by atoms with Gasteiger partial charge in [0, 0.05) is 20.0 Å². The number of aromatic nitrogens is 2. The summed E-state index contributed by atoms with van der Waals surface area (Å²) in [5.41, 5.74) is 0. The SMILES string of the molecule is COC(C)Cc1noc(CC2CCCCC2O)n1. The topological polar surface area (TPSA) is 68.4 Å². The Morgan fingerprint density at radius 2 is 2.22 bits per heavy atom. The van der Waals surface area contributed by atoms with Crippen LogP contribution in [0.25, 0.3) is 0 Å². The van der Waals surface area contributed by atoms with Crippen molar-refractivity contribution in [3.63, 3.8) is 0 Å². The molecule has 1 fully saturated rings. The van der Waals surface area contributed by atoms with E-state index in [1.165, 1.54) is 6.42 Å². The number of hydrogen-bond donors (Lipinski definition) is 1. The fourth-order valence-electron chi connectivity index (χ4n) is 2.45. The van der Waals surface area contributed by atoms with Gasteiger partial charge in [0.15, 0.2) is 5.82 Å². The largest absolute Gasteiger partial charge is 0.393 e. The van der Waals surface area contributed by atoms with Gasteiger partial charge in [-0.1, -0.05) is 18.0 Å². The Labute approximate surface area is 108 Å². The van der Waals surface area contributed by atoms with E-state index < -0.39 is 0 Å². The summed E-state index contributed by atoms with van der Waals surface area (Å²) in [6.07, 6.45) is 5.48. The Bertz CT molecular complexity index is 367. The van der Waals surface area contributed by atoms with Crippen LogP contribution in [0.4, 0.5) is 0 Å². The molecule has 1 aromatic rings. The Morgan fingerprint density at radius 1 is 1.44 bits per heavy atom. The maximum atomic E-state index is 9.91. The Hall–Kier alpha value is -0.940. The molecule has 5 heteroatoms. The molecule has 3 unspecified atom stereocenters. The van der Waals surface area contributed by atoms with Crippen molar-refractivity contribution < 1.29 is 14.4 Å². The highest BCUT2D eigenvalue weighted by atomic mass is 16.5. The molecule has 1 heterocycles. The van der Waals surface area contributed by atoms with Crippen LogP contribution < -0.4 is 0 Å². The summed E-state index contributed by atoms with van der Waals surface area (Å²) in [4.78, 5) is 4.36. The first-order chi connectivity index (χ1) is 8.69. The van der Waals surface area contributed by atoms with E-state index in [1.807, 2.05) is 6.92 Å². The van der Waals surface area contributed by atoms with Crippen molar-refractivity contribution in [3.8, 4) is 0 Å². The molecule has 1 saturated carbocycles. The highest BCUT2D eigenvalue weighted by Crippen LogP contribution is 2.27. The van der Waals surface area contributed by atoms with Crippen LogP contribution >= 0.6 is 0 Å². The number of methoxy groups -OCH3 is 1. The van der Waals surface area contributed by atoms with Crippen molar-refractivity contribution in [2.75, 3.05) is 7.11 Å². The molecular formula is C13H22N2O3. The van der Waals surface area contributed by atoms with Gasteiger partial charge < -0.3 is 14.4 Å². The fraction of sp³-hybridized carbons (Fsp3) is 0.846. The van der Waals surface area contributed by atoms with Crippen molar-refractivity contribution in [3.05, 3.63) is 11.7 Å². The average molecular weight is 254 g/mol. The molecule has 0 bridgehead atoms. The van der Waals surface area contributed by atoms with E-state index in [2.05, 4.69) is 10.1 Å². The predicted octanol–water partition coefficient (Wildman–Crippen LogP) is 1.74. The van der Waals surface area contributed by atoms with E-state index in [0.29, 0.717) is 24.6 Å². The Morgan fingerprint density at radius 3 is 2.94 bits per heavy atom. The molecule has 1 aliphatic rings. The molecule has 3 atom stereocenters. The van der Waals surface area contributed by atoms with E-state index in [0.717, 1.165) is 19.3 Å². The molecule has 0 aliphatic heterocycles. The van der Waals surface area contributed by atoms with Gasteiger partial charge in [0.05, 0.1) is 12.2 Å². The summed E-state index contributed by atoms with van der Waals surface area (Å²) in [6, 6.07) is 0. The molecule has 5 nitrogen and oxygen atoms in total. The minimum absolute atomic E-state index is 0.0933. The van der Waals surface area contributed by atoms with Crippen molar-refractivity contribution in [2.45, 2.75) is 57.7 Å². The molecule has 0 amide bonds. The molecule has 18 heavy (non-hydrogen) atoms. The van der Waals surface area contributed by atoms with Crippen LogP contribution in [-0.2, 0) is 17.6 Å². The summed E-state index contributed by atoms with van der Waals surface area (Å²) in [5, 5.41) is 13.9. The zero-order chi connectivity index (χ0) is 13.0. The molecule has 2 rings (SSSR count). The molecular weight excluding hydrogens is 232 g/mol. The summed E-state index contributed by atoms with van der Waals surface area (Å²) in [5.74, 6) is 1.59. The lowest BCUT2D eigenvalue weighted by Crippen LogP contribution is -2.26. The van der Waals surface area contributed by atoms with Crippen LogP contribution in [0.3, 0.4) is 0 Å². The molecule has 0 radical (unpaired) electrons. The summed E-state index contributed by atoms with van der Waals surface area (Å²) in [6.45, 7) is 1.97. The smallest absolute Gasteiger partial charge is 0.227 e. The highest BCUT2D eigenvalue weighted by Gasteiger charge is 2.25. The van der Waals surface area contributed by atoms with Crippen LogP contribution in [0.1, 0.15) is 44.3 Å². The minimum atomic E-state index is -0.216. The summed E-state index contributed by atoms with van der Waals surface area (Å²) < 4.78 is 10.4. The van der Waals surface area contributed by atoms with E-state index in [4.69, 9.17) is 9.26 Å². The van der Waals surface area contributed by atoms with Gasteiger partial charge >= 0.3 is 0 Å². The number of hydrogen-bond acceptors (Lipinski definition) is 5. The number of aliphatic hydroxyl groups is 1. The molecule has 1 aliphatic carbocycles. The normalized spacial score (nSPS) is 26.2. The lowest BCUT2D eigenvalue weighted by atomic mass is 9.84. The predicted molar refractivity (Wildman–Crippen MR) is 66.1 cm³/mol. The van der Waals surface area contributed by atoms with Crippen LogP contribution in [0.2, 0.25) is 0 Å². The van der Waals surface area contributed by atoms with Gasteiger partial charge in [-0.05, 0) is 25.7 Å². The van der Waals surface area contributed by atoms with Gasteiger partial charge in [0.25, 0.3) is 0 Å². The first kappa shape index (κ1) is 13.5. The Kier molecular flexibility index (Phi) is 4.72. The fourth-order valence-corrected chi connectivity index (χ4v) is 2.45. The maximum Gasteiger partial charge on any atom is 0.227 e. The van der Waals surface area contributed by atoms with E-state index in [9.17, 15) is 5.11 Å². The third kappa shape index (κ3) is 3.53. The third-order valence-corrected chi connectivity index (χ3v) is 3.69. The lowest BCUT2D eigenvalue weighted by Gasteiger charge is -2.26. The van der Waals surface area contributed by atoms with Gasteiger partial charge in [0.2, 0.25) is 5.89 Å². The van der Waals surface area contributed by atoms with Gasteiger partial charge in [-0.25, -0.2) is 0 Å². The highest BCUT2D eigenvalue weighted by molar-refractivity contribution is 4.91. The molecule has 0 aromatic carbocycles. The number of nitrogens with zero attached hydrogens (tertiary/aromatic N) is 2. The molecule has 0 spiro atoms. The van der Waals surface area contributed by atoms with Crippen LogP contribution in [0.15, 0.2) is 4.52 Å². The maximum absolute atomic E-state index is 9.91. The molecule has 102 valence electrons. The number of ether oxygens (including phenoxy) is 1. The van der Waals surface area contributed by atoms with Gasteiger partial charge in [-0.15, -0.1) is 0 Å². The number of rotatable bonds is 5. The third-order valence-electron chi connectivity index (χ3n) is 3.69. The minimum Gasteiger partial charge on any atom is -0.393 e. The first-order valence-corrected chi connectivity index (χ1v) is 6.71. The standard InChI is InChI=1S/C13H22N2O3/c1-9(17-2)7-12-14-13(18-15-12)8-10-5-3-4-6-11(10)16/h9-11,16H,3-8H2,1-2H3. The average Bonchev–Trinajstić information content (AvgIpc) is 2.79. The van der Waals surface area contributed by atoms with E-state index in [1.54, 1.807) is 7.11 Å². The molecule has 0 saturated heterocycles. The number of aliphatic hydroxyl groups excluding tert-OH is 1.